The van der Waals surface area contributed by atoms with Crippen LogP contribution >= 0.6 is 0 Å². The molecule has 0 unspecified atom stereocenters. The Kier molecular flexibility index (Phi) is 3.66. The lowest BCUT2D eigenvalue weighted by Gasteiger charge is -2.09. The van der Waals surface area contributed by atoms with Crippen molar-refractivity contribution in [2.24, 2.45) is 0 Å². The highest BCUT2D eigenvalue weighted by Crippen LogP contribution is 2.30. The number of fused-ring (bicyclic) bond motifs is 5. The topological polar surface area (TPSA) is 75.1 Å². The number of aromatic hydroxyl groups is 1. The molecular weight excluding hydrogens is 350 g/mol. The maximum absolute atomic E-state index is 12.7. The van der Waals surface area contributed by atoms with Gasteiger partial charge in [0.2, 0.25) is 0 Å². The lowest BCUT2D eigenvalue weighted by molar-refractivity contribution is 0.102. The first-order valence-corrected chi connectivity index (χ1v) is 8.87. The van der Waals surface area contributed by atoms with Crippen LogP contribution in [-0.2, 0) is 0 Å². The van der Waals surface area contributed by atoms with Crippen LogP contribution in [-0.4, -0.2) is 21.0 Å². The van der Waals surface area contributed by atoms with Crippen molar-refractivity contribution in [3.8, 4) is 5.75 Å². The van der Waals surface area contributed by atoms with Crippen molar-refractivity contribution in [2.75, 3.05) is 5.32 Å². The van der Waals surface area contributed by atoms with Crippen molar-refractivity contribution >= 4 is 44.2 Å². The quantitative estimate of drug-likeness (QED) is 0.345. The van der Waals surface area contributed by atoms with Gasteiger partial charge in [0.25, 0.3) is 5.91 Å². The molecule has 3 aromatic carbocycles. The summed E-state index contributed by atoms with van der Waals surface area (Å²) in [4.78, 5) is 21.9. The zero-order chi connectivity index (χ0) is 19.1. The molecule has 0 aliphatic carbocycles. The van der Waals surface area contributed by atoms with Gasteiger partial charge in [-0.1, -0.05) is 48.5 Å². The summed E-state index contributed by atoms with van der Waals surface area (Å²) in [7, 11) is 0. The van der Waals surface area contributed by atoms with Crippen molar-refractivity contribution in [3.63, 3.8) is 0 Å². The molecule has 5 rings (SSSR count). The Morgan fingerprint density at radius 1 is 0.786 bits per heavy atom. The fourth-order valence-electron chi connectivity index (χ4n) is 3.42. The van der Waals surface area contributed by atoms with Crippen LogP contribution in [0.2, 0.25) is 0 Å². The average Bonchev–Trinajstić information content (AvgIpc) is 2.74. The fraction of sp³-hybridized carbons (Fsp3) is 0. The van der Waals surface area contributed by atoms with Crippen molar-refractivity contribution in [1.29, 1.82) is 0 Å². The monoisotopic (exact) mass is 365 g/mol. The van der Waals surface area contributed by atoms with E-state index < -0.39 is 0 Å². The number of aromatic nitrogens is 2. The largest absolute Gasteiger partial charge is 0.506 e. The number of phenolic OH excluding ortho intramolecular Hbond substituents is 1. The molecule has 28 heavy (non-hydrogen) atoms. The molecule has 5 aromatic rings. The van der Waals surface area contributed by atoms with Crippen molar-refractivity contribution < 1.29 is 9.90 Å². The van der Waals surface area contributed by atoms with Crippen molar-refractivity contribution in [1.82, 2.24) is 9.97 Å². The molecule has 134 valence electrons. The third kappa shape index (κ3) is 2.61. The first-order chi connectivity index (χ1) is 13.7. The molecule has 0 saturated heterocycles. The standard InChI is InChI=1S/C23H15N3O2/c27-19-6-2-1-5-17(19)26-23(28)18-12-11-16-10-8-14-7-9-15-4-3-13-24-21(15)20(14)22(16)25-18/h1-13,27H,(H,26,28). The molecule has 0 aliphatic rings. The minimum atomic E-state index is -0.381. The lowest BCUT2D eigenvalue weighted by Crippen LogP contribution is -2.13. The number of para-hydroxylation sites is 2. The molecule has 2 heterocycles. The van der Waals surface area contributed by atoms with Gasteiger partial charge in [-0.3, -0.25) is 9.78 Å². The molecule has 5 heteroatoms. The summed E-state index contributed by atoms with van der Waals surface area (Å²) in [5.41, 5.74) is 2.21. The van der Waals surface area contributed by atoms with Gasteiger partial charge in [0, 0.05) is 22.4 Å². The van der Waals surface area contributed by atoms with Gasteiger partial charge in [-0.05, 0) is 29.7 Å². The molecule has 0 atom stereocenters. The lowest BCUT2D eigenvalue weighted by atomic mass is 10.0. The van der Waals surface area contributed by atoms with E-state index in [0.29, 0.717) is 5.69 Å². The van der Waals surface area contributed by atoms with E-state index in [0.717, 1.165) is 32.6 Å². The van der Waals surface area contributed by atoms with Gasteiger partial charge < -0.3 is 10.4 Å². The summed E-state index contributed by atoms with van der Waals surface area (Å²) in [6, 6.07) is 22.2. The van der Waals surface area contributed by atoms with Crippen LogP contribution in [0.3, 0.4) is 0 Å². The molecule has 2 N–H and O–H groups in total. The van der Waals surface area contributed by atoms with E-state index in [1.807, 2.05) is 42.5 Å². The summed E-state index contributed by atoms with van der Waals surface area (Å²) in [6.45, 7) is 0. The van der Waals surface area contributed by atoms with Gasteiger partial charge in [0.05, 0.1) is 16.7 Å². The summed E-state index contributed by atoms with van der Waals surface area (Å²) in [5.74, 6) is -0.370. The Labute approximate surface area is 160 Å². The van der Waals surface area contributed by atoms with Crippen LogP contribution in [0.15, 0.2) is 79.0 Å². The van der Waals surface area contributed by atoms with Gasteiger partial charge in [0.15, 0.2) is 0 Å². The van der Waals surface area contributed by atoms with Gasteiger partial charge in [0.1, 0.15) is 11.4 Å². The van der Waals surface area contributed by atoms with E-state index in [-0.39, 0.29) is 17.4 Å². The van der Waals surface area contributed by atoms with E-state index in [4.69, 9.17) is 0 Å². The van der Waals surface area contributed by atoms with Crippen molar-refractivity contribution in [2.45, 2.75) is 0 Å². The second-order valence-corrected chi connectivity index (χ2v) is 6.54. The van der Waals surface area contributed by atoms with E-state index in [1.165, 1.54) is 6.07 Å². The first kappa shape index (κ1) is 16.2. The molecule has 5 nitrogen and oxygen atoms in total. The zero-order valence-corrected chi connectivity index (χ0v) is 14.8. The number of phenols is 1. The Morgan fingerprint density at radius 2 is 1.50 bits per heavy atom. The molecule has 0 spiro atoms. The van der Waals surface area contributed by atoms with Crippen LogP contribution in [0.25, 0.3) is 32.6 Å². The SMILES string of the molecule is O=C(Nc1ccccc1O)c1ccc2ccc3ccc4cccnc4c3c2n1. The number of benzene rings is 3. The molecule has 1 amide bonds. The number of rotatable bonds is 2. The molecular formula is C23H15N3O2. The smallest absolute Gasteiger partial charge is 0.274 e. The Hall–Kier alpha value is -3.99. The molecule has 0 radical (unpaired) electrons. The minimum absolute atomic E-state index is 0.0114. The number of carbonyl (C=O) groups excluding carboxylic acids is 1. The third-order valence-corrected chi connectivity index (χ3v) is 4.80. The van der Waals surface area contributed by atoms with Gasteiger partial charge >= 0.3 is 0 Å². The number of nitrogens with zero attached hydrogens (tertiary/aromatic N) is 2. The van der Waals surface area contributed by atoms with Gasteiger partial charge in [-0.15, -0.1) is 0 Å². The second kappa shape index (κ2) is 6.32. The number of amides is 1. The van der Waals surface area contributed by atoms with Gasteiger partial charge in [-0.2, -0.15) is 0 Å². The second-order valence-electron chi connectivity index (χ2n) is 6.54. The predicted octanol–water partition coefficient (Wildman–Crippen LogP) is 4.89. The van der Waals surface area contributed by atoms with E-state index in [9.17, 15) is 9.90 Å². The zero-order valence-electron chi connectivity index (χ0n) is 14.8. The highest BCUT2D eigenvalue weighted by atomic mass is 16.3. The number of anilines is 1. The Bertz CT molecular complexity index is 1370. The predicted molar refractivity (Wildman–Crippen MR) is 111 cm³/mol. The van der Waals surface area contributed by atoms with E-state index in [2.05, 4.69) is 15.3 Å². The first-order valence-electron chi connectivity index (χ1n) is 8.87. The molecule has 0 bridgehead atoms. The maximum atomic E-state index is 12.7. The van der Waals surface area contributed by atoms with Crippen LogP contribution in [0.5, 0.6) is 5.75 Å². The molecule has 0 saturated carbocycles. The average molecular weight is 365 g/mol. The van der Waals surface area contributed by atoms with Crippen LogP contribution in [0.4, 0.5) is 5.69 Å². The maximum Gasteiger partial charge on any atom is 0.274 e. The fourth-order valence-corrected chi connectivity index (χ4v) is 3.42. The summed E-state index contributed by atoms with van der Waals surface area (Å²) in [5, 5.41) is 16.5. The highest BCUT2D eigenvalue weighted by Gasteiger charge is 2.13. The highest BCUT2D eigenvalue weighted by molar-refractivity contribution is 6.18. The Balaban J connectivity index is 1.69. The number of carbonyl (C=O) groups is 1. The van der Waals surface area contributed by atoms with Crippen LogP contribution in [0, 0.1) is 0 Å². The molecule has 0 fully saturated rings. The normalized spacial score (nSPS) is 11.1. The number of hydrogen-bond donors (Lipinski definition) is 2. The number of hydrogen-bond acceptors (Lipinski definition) is 4. The molecule has 2 aromatic heterocycles. The van der Waals surface area contributed by atoms with E-state index >= 15 is 0 Å². The third-order valence-electron chi connectivity index (χ3n) is 4.80. The Morgan fingerprint density at radius 3 is 2.32 bits per heavy atom. The summed E-state index contributed by atoms with van der Waals surface area (Å²) >= 11 is 0. The number of pyridine rings is 2. The van der Waals surface area contributed by atoms with Gasteiger partial charge in [-0.25, -0.2) is 4.98 Å². The molecule has 0 aliphatic heterocycles. The van der Waals surface area contributed by atoms with Crippen LogP contribution < -0.4 is 5.32 Å². The summed E-state index contributed by atoms with van der Waals surface area (Å²) in [6.07, 6.45) is 1.76. The summed E-state index contributed by atoms with van der Waals surface area (Å²) < 4.78 is 0. The minimum Gasteiger partial charge on any atom is -0.506 e. The van der Waals surface area contributed by atoms with E-state index in [1.54, 1.807) is 30.5 Å². The van der Waals surface area contributed by atoms with Crippen molar-refractivity contribution in [3.05, 3.63) is 84.7 Å². The van der Waals surface area contributed by atoms with Crippen LogP contribution in [0.1, 0.15) is 10.5 Å². The number of nitrogens with one attached hydrogen (secondary N) is 1.